The smallest absolute Gasteiger partial charge is 0.335 e. The van der Waals surface area contributed by atoms with Crippen molar-refractivity contribution >= 4 is 17.6 Å². The second kappa shape index (κ2) is 7.25. The number of rotatable bonds is 4. The first-order chi connectivity index (χ1) is 13.5. The quantitative estimate of drug-likeness (QED) is 0.548. The highest BCUT2D eigenvalue weighted by atomic mass is 35.5. The first-order valence-corrected chi connectivity index (χ1v) is 8.88. The van der Waals surface area contributed by atoms with Crippen LogP contribution in [0.5, 0.6) is 0 Å². The lowest BCUT2D eigenvalue weighted by molar-refractivity contribution is 0.0697. The van der Waals surface area contributed by atoms with Crippen LogP contribution >= 0.6 is 11.6 Å². The molecular formula is C21H15ClN4O2. The van der Waals surface area contributed by atoms with Crippen molar-refractivity contribution < 1.29 is 9.90 Å². The number of hydrogen-bond acceptors (Lipinski definition) is 4. The van der Waals surface area contributed by atoms with E-state index < -0.39 is 5.97 Å². The Balaban J connectivity index is 1.64. The van der Waals surface area contributed by atoms with Gasteiger partial charge < -0.3 is 5.11 Å². The summed E-state index contributed by atoms with van der Waals surface area (Å²) in [5.74, 6) is -0.961. The molecule has 0 unspecified atom stereocenters. The lowest BCUT2D eigenvalue weighted by Gasteiger charge is -2.07. The summed E-state index contributed by atoms with van der Waals surface area (Å²) < 4.78 is 1.66. The molecule has 0 aliphatic heterocycles. The first-order valence-electron chi connectivity index (χ1n) is 8.50. The number of nitrogens with zero attached hydrogens (tertiary/aromatic N) is 4. The highest BCUT2D eigenvalue weighted by molar-refractivity contribution is 6.30. The third-order valence-electron chi connectivity index (χ3n) is 4.37. The van der Waals surface area contributed by atoms with E-state index in [1.807, 2.05) is 37.3 Å². The molecule has 0 saturated heterocycles. The number of aromatic carboxylic acids is 1. The average Bonchev–Trinajstić information content (AvgIpc) is 3.18. The number of pyridine rings is 1. The van der Waals surface area contributed by atoms with Gasteiger partial charge >= 0.3 is 5.97 Å². The number of benzene rings is 2. The van der Waals surface area contributed by atoms with E-state index in [2.05, 4.69) is 15.3 Å². The van der Waals surface area contributed by atoms with Crippen molar-refractivity contribution in [3.63, 3.8) is 0 Å². The van der Waals surface area contributed by atoms with E-state index in [-0.39, 0.29) is 5.56 Å². The van der Waals surface area contributed by atoms with Gasteiger partial charge in [0, 0.05) is 16.1 Å². The summed E-state index contributed by atoms with van der Waals surface area (Å²) in [5, 5.41) is 18.0. The molecule has 0 amide bonds. The number of halogens is 1. The Labute approximate surface area is 166 Å². The number of carboxylic acid groups (broad SMARTS) is 1. The van der Waals surface area contributed by atoms with Crippen LogP contribution in [-0.4, -0.2) is 31.1 Å². The summed E-state index contributed by atoms with van der Waals surface area (Å²) >= 11 is 6.07. The number of carboxylic acids is 1. The lowest BCUT2D eigenvalue weighted by Crippen LogP contribution is -2.00. The van der Waals surface area contributed by atoms with E-state index in [9.17, 15) is 4.79 Å². The molecule has 138 valence electrons. The topological polar surface area (TPSA) is 80.9 Å². The second-order valence-corrected chi connectivity index (χ2v) is 6.73. The molecule has 0 radical (unpaired) electrons. The van der Waals surface area contributed by atoms with Gasteiger partial charge in [0.05, 0.1) is 29.3 Å². The van der Waals surface area contributed by atoms with E-state index in [4.69, 9.17) is 16.7 Å². The zero-order valence-electron chi connectivity index (χ0n) is 14.9. The minimum Gasteiger partial charge on any atom is -0.478 e. The molecule has 0 spiro atoms. The van der Waals surface area contributed by atoms with E-state index in [1.165, 1.54) is 0 Å². The molecule has 1 N–H and O–H groups in total. The van der Waals surface area contributed by atoms with Crippen LogP contribution in [0.3, 0.4) is 0 Å². The Hall–Kier alpha value is -3.51. The van der Waals surface area contributed by atoms with Gasteiger partial charge in [0.2, 0.25) is 0 Å². The van der Waals surface area contributed by atoms with Crippen molar-refractivity contribution in [3.05, 3.63) is 83.1 Å². The molecule has 0 aliphatic carbocycles. The molecule has 0 saturated carbocycles. The number of carbonyl (C=O) groups is 1. The van der Waals surface area contributed by atoms with Crippen LogP contribution in [0.4, 0.5) is 0 Å². The van der Waals surface area contributed by atoms with Crippen LogP contribution < -0.4 is 0 Å². The van der Waals surface area contributed by atoms with Gasteiger partial charge in [-0.1, -0.05) is 41.1 Å². The molecule has 2 aromatic carbocycles. The van der Waals surface area contributed by atoms with Crippen LogP contribution in [0.2, 0.25) is 5.02 Å². The summed E-state index contributed by atoms with van der Waals surface area (Å²) in [7, 11) is 0. The van der Waals surface area contributed by atoms with Crippen molar-refractivity contribution in [2.24, 2.45) is 0 Å². The normalized spacial score (nSPS) is 10.8. The highest BCUT2D eigenvalue weighted by Crippen LogP contribution is 2.25. The van der Waals surface area contributed by atoms with Crippen molar-refractivity contribution in [2.45, 2.75) is 6.92 Å². The lowest BCUT2D eigenvalue weighted by atomic mass is 10.1. The minimum atomic E-state index is -0.961. The van der Waals surface area contributed by atoms with Gasteiger partial charge in [-0.25, -0.2) is 9.48 Å². The SMILES string of the molecule is Cc1cc(-c2cccc(Cl)c2)ncc1-n1cc(-c2ccc(C(=O)O)cc2)nn1. The molecule has 28 heavy (non-hydrogen) atoms. The fourth-order valence-corrected chi connectivity index (χ4v) is 3.08. The summed E-state index contributed by atoms with van der Waals surface area (Å²) in [6.07, 6.45) is 3.54. The maximum absolute atomic E-state index is 11.0. The molecule has 0 aliphatic rings. The molecule has 0 bridgehead atoms. The zero-order valence-corrected chi connectivity index (χ0v) is 15.6. The Bertz CT molecular complexity index is 1170. The molecule has 4 rings (SSSR count). The molecule has 7 heteroatoms. The van der Waals surface area contributed by atoms with Gasteiger partial charge in [-0.05, 0) is 42.8 Å². The first kappa shape index (κ1) is 17.9. The summed E-state index contributed by atoms with van der Waals surface area (Å²) in [4.78, 5) is 15.5. The minimum absolute atomic E-state index is 0.229. The van der Waals surface area contributed by atoms with Gasteiger partial charge in [-0.3, -0.25) is 4.98 Å². The number of aromatic nitrogens is 4. The molecule has 4 aromatic rings. The van der Waals surface area contributed by atoms with E-state index >= 15 is 0 Å². The van der Waals surface area contributed by atoms with Crippen LogP contribution in [0.1, 0.15) is 15.9 Å². The third kappa shape index (κ3) is 3.50. The van der Waals surface area contributed by atoms with Crippen LogP contribution in [-0.2, 0) is 0 Å². The molecule has 0 atom stereocenters. The largest absolute Gasteiger partial charge is 0.478 e. The molecule has 6 nitrogen and oxygen atoms in total. The van der Waals surface area contributed by atoms with Gasteiger partial charge in [0.25, 0.3) is 0 Å². The second-order valence-electron chi connectivity index (χ2n) is 6.30. The fourth-order valence-electron chi connectivity index (χ4n) is 2.89. The predicted molar refractivity (Wildman–Crippen MR) is 107 cm³/mol. The van der Waals surface area contributed by atoms with Gasteiger partial charge in [-0.15, -0.1) is 5.10 Å². The highest BCUT2D eigenvalue weighted by Gasteiger charge is 2.10. The summed E-state index contributed by atoms with van der Waals surface area (Å²) in [6.45, 7) is 1.98. The summed E-state index contributed by atoms with van der Waals surface area (Å²) in [5.41, 5.74) is 5.24. The molecule has 0 fully saturated rings. The zero-order chi connectivity index (χ0) is 19.7. The molecule has 2 aromatic heterocycles. The van der Waals surface area contributed by atoms with E-state index in [0.29, 0.717) is 10.7 Å². The summed E-state index contributed by atoms with van der Waals surface area (Å²) in [6, 6.07) is 16.0. The van der Waals surface area contributed by atoms with E-state index in [0.717, 1.165) is 28.1 Å². The fraction of sp³-hybridized carbons (Fsp3) is 0.0476. The Morgan fingerprint density at radius 1 is 1.04 bits per heavy atom. The predicted octanol–water partition coefficient (Wildman–Crippen LogP) is 4.66. The van der Waals surface area contributed by atoms with Crippen molar-refractivity contribution in [1.29, 1.82) is 0 Å². The van der Waals surface area contributed by atoms with Crippen molar-refractivity contribution in [3.8, 4) is 28.2 Å². The monoisotopic (exact) mass is 390 g/mol. The average molecular weight is 391 g/mol. The van der Waals surface area contributed by atoms with E-state index in [1.54, 1.807) is 41.3 Å². The molecular weight excluding hydrogens is 376 g/mol. The van der Waals surface area contributed by atoms with Crippen LogP contribution in [0.15, 0.2) is 67.0 Å². The number of hydrogen-bond donors (Lipinski definition) is 1. The van der Waals surface area contributed by atoms with Crippen LogP contribution in [0.25, 0.3) is 28.2 Å². The maximum Gasteiger partial charge on any atom is 0.335 e. The van der Waals surface area contributed by atoms with Crippen molar-refractivity contribution in [1.82, 2.24) is 20.0 Å². The Morgan fingerprint density at radius 2 is 1.82 bits per heavy atom. The number of aryl methyl sites for hydroxylation is 1. The van der Waals surface area contributed by atoms with Crippen LogP contribution in [0, 0.1) is 6.92 Å². The van der Waals surface area contributed by atoms with Gasteiger partial charge in [0.1, 0.15) is 5.69 Å². The third-order valence-corrected chi connectivity index (χ3v) is 4.61. The molecule has 2 heterocycles. The Morgan fingerprint density at radius 3 is 2.50 bits per heavy atom. The standard InChI is InChI=1S/C21H15ClN4O2/c1-13-9-18(16-3-2-4-17(22)10-16)23-11-20(13)26-12-19(24-25-26)14-5-7-15(8-6-14)21(27)28/h2-12H,1H3,(H,27,28). The Kier molecular flexibility index (Phi) is 4.63. The van der Waals surface area contributed by atoms with Gasteiger partial charge in [0.15, 0.2) is 0 Å². The van der Waals surface area contributed by atoms with Crippen molar-refractivity contribution in [2.75, 3.05) is 0 Å². The van der Waals surface area contributed by atoms with Gasteiger partial charge in [-0.2, -0.15) is 0 Å². The maximum atomic E-state index is 11.0.